The molecule has 3 aromatic carbocycles. The maximum Gasteiger partial charge on any atom is 0.267 e. The Morgan fingerprint density at radius 3 is 1.79 bits per heavy atom. The molecule has 1 aliphatic heterocycles. The molecule has 218 valence electrons. The molecule has 0 bridgehead atoms. The van der Waals surface area contributed by atoms with Gasteiger partial charge in [-0.25, -0.2) is 9.58 Å². The summed E-state index contributed by atoms with van der Waals surface area (Å²) in [5.74, 6) is -0.479. The predicted octanol–water partition coefficient (Wildman–Crippen LogP) is 6.64. The third kappa shape index (κ3) is 4.65. The maximum absolute atomic E-state index is 14.3. The van der Waals surface area contributed by atoms with Crippen molar-refractivity contribution >= 4 is 29.6 Å². The second-order valence-corrected chi connectivity index (χ2v) is 12.0. The van der Waals surface area contributed by atoms with Crippen LogP contribution in [0.2, 0.25) is 0 Å². The summed E-state index contributed by atoms with van der Waals surface area (Å²) >= 11 is 0. The number of fused-ring (bicyclic) bond motifs is 4. The number of hydrogen-bond acceptors (Lipinski definition) is 5. The number of hydrogen-bond donors (Lipinski definition) is 0. The van der Waals surface area contributed by atoms with Crippen LogP contribution in [0, 0.1) is 5.92 Å². The van der Waals surface area contributed by atoms with E-state index in [9.17, 15) is 14.4 Å². The molecule has 2 fully saturated rings. The maximum atomic E-state index is 14.3. The number of rotatable bonds is 4. The molecule has 4 aromatic rings. The molecule has 1 aromatic heterocycles. The summed E-state index contributed by atoms with van der Waals surface area (Å²) in [6.07, 6.45) is 9.23. The Hall–Kier alpha value is -4.59. The van der Waals surface area contributed by atoms with Gasteiger partial charge in [-0.05, 0) is 62.1 Å². The van der Waals surface area contributed by atoms with Gasteiger partial charge in [-0.1, -0.05) is 86.7 Å². The van der Waals surface area contributed by atoms with Crippen molar-refractivity contribution in [3.63, 3.8) is 0 Å². The molecule has 3 aliphatic rings. The summed E-state index contributed by atoms with van der Waals surface area (Å²) in [4.78, 5) is 50.3. The van der Waals surface area contributed by atoms with Crippen molar-refractivity contribution in [1.82, 2.24) is 14.8 Å². The lowest BCUT2D eigenvalue weighted by Gasteiger charge is -2.55. The Labute approximate surface area is 251 Å². The van der Waals surface area contributed by atoms with E-state index in [0.717, 1.165) is 62.7 Å². The number of imide groups is 1. The van der Waals surface area contributed by atoms with Gasteiger partial charge < -0.3 is 0 Å². The highest BCUT2D eigenvalue weighted by molar-refractivity contribution is 6.25. The minimum absolute atomic E-state index is 0.00663. The van der Waals surface area contributed by atoms with Gasteiger partial charge in [0.2, 0.25) is 5.95 Å². The molecule has 2 saturated carbocycles. The molecule has 1 spiro atoms. The zero-order chi connectivity index (χ0) is 29.4. The summed E-state index contributed by atoms with van der Waals surface area (Å²) in [7, 11) is 0. The Balaban J connectivity index is 1.42. The van der Waals surface area contributed by atoms with Crippen LogP contribution in [0.1, 0.15) is 88.9 Å². The quantitative estimate of drug-likeness (QED) is 0.255. The first-order chi connectivity index (χ1) is 21.1. The third-order valence-electron chi connectivity index (χ3n) is 9.57. The second-order valence-electron chi connectivity index (χ2n) is 12.0. The standard InChI is InChI=1S/C35H35N5O3/c41-30(25-15-5-1-6-16-25)38-29-22-12-11-21-28(29)35(23-13-4-14-24-35)40-34(38)36-33(37-40)39(31(42)26-17-7-2-8-18-26)32(43)27-19-9-3-10-20-27/h1-3,5-10,15-20,28-29H,4,11-14,21-24H2. The van der Waals surface area contributed by atoms with Crippen molar-refractivity contribution in [3.05, 3.63) is 108 Å². The summed E-state index contributed by atoms with van der Waals surface area (Å²) in [6.45, 7) is 0. The fourth-order valence-electron chi connectivity index (χ4n) is 7.60. The first kappa shape index (κ1) is 27.3. The number of anilines is 2. The van der Waals surface area contributed by atoms with Crippen LogP contribution in [0.4, 0.5) is 11.9 Å². The van der Waals surface area contributed by atoms with Crippen molar-refractivity contribution in [1.29, 1.82) is 0 Å². The minimum atomic E-state index is -0.506. The normalized spacial score (nSPS) is 20.6. The number of benzene rings is 3. The summed E-state index contributed by atoms with van der Waals surface area (Å²) in [5.41, 5.74) is 0.991. The van der Waals surface area contributed by atoms with Gasteiger partial charge in [0.15, 0.2) is 0 Å². The second kappa shape index (κ2) is 11.2. The molecule has 7 rings (SSSR count). The molecule has 0 N–H and O–H groups in total. The molecule has 8 heteroatoms. The average molecular weight is 574 g/mol. The van der Waals surface area contributed by atoms with Gasteiger partial charge in [-0.3, -0.25) is 19.3 Å². The van der Waals surface area contributed by atoms with Crippen LogP contribution in [0.3, 0.4) is 0 Å². The molecule has 2 unspecified atom stereocenters. The highest BCUT2D eigenvalue weighted by Crippen LogP contribution is 2.53. The zero-order valence-corrected chi connectivity index (χ0v) is 24.1. The first-order valence-electron chi connectivity index (χ1n) is 15.4. The summed E-state index contributed by atoms with van der Waals surface area (Å²) in [5, 5.41) is 5.03. The van der Waals surface area contributed by atoms with Gasteiger partial charge in [0.1, 0.15) is 0 Å². The zero-order valence-electron chi connectivity index (χ0n) is 24.1. The molecule has 3 amide bonds. The lowest BCUT2D eigenvalue weighted by Crippen LogP contribution is -2.61. The Kier molecular flexibility index (Phi) is 7.13. The molecule has 0 saturated heterocycles. The van der Waals surface area contributed by atoms with Crippen molar-refractivity contribution in [2.24, 2.45) is 5.92 Å². The van der Waals surface area contributed by atoms with Crippen LogP contribution < -0.4 is 9.80 Å². The van der Waals surface area contributed by atoms with Gasteiger partial charge in [0.25, 0.3) is 23.7 Å². The van der Waals surface area contributed by atoms with E-state index >= 15 is 0 Å². The largest absolute Gasteiger partial charge is 0.273 e. The molecule has 0 radical (unpaired) electrons. The Morgan fingerprint density at radius 2 is 1.21 bits per heavy atom. The van der Waals surface area contributed by atoms with E-state index < -0.39 is 11.8 Å². The van der Waals surface area contributed by atoms with E-state index in [0.29, 0.717) is 22.6 Å². The van der Waals surface area contributed by atoms with Crippen LogP contribution in [0.5, 0.6) is 0 Å². The lowest BCUT2D eigenvalue weighted by molar-refractivity contribution is 0.0313. The highest BCUT2D eigenvalue weighted by atomic mass is 16.2. The predicted molar refractivity (Wildman–Crippen MR) is 164 cm³/mol. The van der Waals surface area contributed by atoms with E-state index in [2.05, 4.69) is 0 Å². The topological polar surface area (TPSA) is 88.4 Å². The van der Waals surface area contributed by atoms with Crippen molar-refractivity contribution in [2.75, 3.05) is 9.80 Å². The van der Waals surface area contributed by atoms with Crippen LogP contribution in [-0.4, -0.2) is 38.5 Å². The first-order valence-corrected chi connectivity index (χ1v) is 15.4. The molecule has 8 nitrogen and oxygen atoms in total. The van der Waals surface area contributed by atoms with E-state index in [1.165, 1.54) is 0 Å². The Morgan fingerprint density at radius 1 is 0.674 bits per heavy atom. The number of nitrogens with zero attached hydrogens (tertiary/aromatic N) is 5. The van der Waals surface area contributed by atoms with Crippen molar-refractivity contribution in [2.45, 2.75) is 69.4 Å². The third-order valence-corrected chi connectivity index (χ3v) is 9.57. The van der Waals surface area contributed by atoms with Crippen molar-refractivity contribution in [3.8, 4) is 0 Å². The SMILES string of the molecule is O=C(c1ccccc1)N(C(=O)c1ccccc1)c1nc2n(n1)C1(CCCCC1)C1CCCCC1N2C(=O)c1ccccc1. The van der Waals surface area contributed by atoms with Crippen LogP contribution in [0.15, 0.2) is 91.0 Å². The lowest BCUT2D eigenvalue weighted by atomic mass is 9.64. The number of carbonyl (C=O) groups is 3. The fraction of sp³-hybridized carbons (Fsp3) is 0.343. The van der Waals surface area contributed by atoms with Crippen LogP contribution in [-0.2, 0) is 5.54 Å². The summed E-state index contributed by atoms with van der Waals surface area (Å²) < 4.78 is 1.94. The van der Waals surface area contributed by atoms with Gasteiger partial charge in [-0.15, -0.1) is 5.10 Å². The molecule has 43 heavy (non-hydrogen) atoms. The number of amides is 3. The fourth-order valence-corrected chi connectivity index (χ4v) is 7.60. The molecule has 2 atom stereocenters. The monoisotopic (exact) mass is 573 g/mol. The summed E-state index contributed by atoms with van der Waals surface area (Å²) in [6, 6.07) is 26.8. The average Bonchev–Trinajstić information content (AvgIpc) is 3.52. The molecule has 2 aliphatic carbocycles. The minimum Gasteiger partial charge on any atom is -0.273 e. The van der Waals surface area contributed by atoms with Gasteiger partial charge >= 0.3 is 0 Å². The smallest absolute Gasteiger partial charge is 0.267 e. The Bertz CT molecular complexity index is 1580. The molecule has 2 heterocycles. The van der Waals surface area contributed by atoms with E-state index in [1.54, 1.807) is 48.5 Å². The van der Waals surface area contributed by atoms with E-state index in [1.807, 2.05) is 52.0 Å². The van der Waals surface area contributed by atoms with Crippen LogP contribution >= 0.6 is 0 Å². The number of aromatic nitrogens is 3. The van der Waals surface area contributed by atoms with Crippen LogP contribution in [0.25, 0.3) is 0 Å². The van der Waals surface area contributed by atoms with Gasteiger partial charge in [0, 0.05) is 28.7 Å². The van der Waals surface area contributed by atoms with E-state index in [-0.39, 0.29) is 29.4 Å². The van der Waals surface area contributed by atoms with Gasteiger partial charge in [-0.2, -0.15) is 4.98 Å². The molecular formula is C35H35N5O3. The van der Waals surface area contributed by atoms with Gasteiger partial charge in [0.05, 0.1) is 5.54 Å². The highest BCUT2D eigenvalue weighted by Gasteiger charge is 2.55. The van der Waals surface area contributed by atoms with Crippen molar-refractivity contribution < 1.29 is 14.4 Å². The number of carbonyl (C=O) groups excluding carboxylic acids is 3. The molecular weight excluding hydrogens is 538 g/mol. The van der Waals surface area contributed by atoms with E-state index in [4.69, 9.17) is 10.1 Å².